The van der Waals surface area contributed by atoms with Gasteiger partial charge in [-0.2, -0.15) is 0 Å². The average Bonchev–Trinajstić information content (AvgIpc) is 3.12. The smallest absolute Gasteiger partial charge is 0.261 e. The van der Waals surface area contributed by atoms with Crippen molar-refractivity contribution in [2.75, 3.05) is 6.54 Å². The molecule has 21 heavy (non-hydrogen) atoms. The van der Waals surface area contributed by atoms with Gasteiger partial charge in [0.1, 0.15) is 0 Å². The van der Waals surface area contributed by atoms with E-state index in [0.29, 0.717) is 30.8 Å². The fourth-order valence-corrected chi connectivity index (χ4v) is 3.73. The Labute approximate surface area is 139 Å². The Morgan fingerprint density at radius 2 is 2.05 bits per heavy atom. The molecule has 112 valence electrons. The summed E-state index contributed by atoms with van der Waals surface area (Å²) in [6.45, 7) is 1.06. The summed E-state index contributed by atoms with van der Waals surface area (Å²) in [5.41, 5.74) is 0. The van der Waals surface area contributed by atoms with Crippen LogP contribution in [0.3, 0.4) is 0 Å². The second-order valence-electron chi connectivity index (χ2n) is 4.32. The van der Waals surface area contributed by atoms with Gasteiger partial charge in [-0.15, -0.1) is 22.7 Å². The zero-order valence-corrected chi connectivity index (χ0v) is 14.4. The van der Waals surface area contributed by atoms with Gasteiger partial charge in [-0.25, -0.2) is 0 Å². The van der Waals surface area contributed by atoms with Crippen LogP contribution in [0.4, 0.5) is 0 Å². The fraction of sp³-hybridized carbons (Fsp3) is 0.286. The van der Waals surface area contributed by atoms with Crippen molar-refractivity contribution in [2.45, 2.75) is 19.4 Å². The van der Waals surface area contributed by atoms with E-state index >= 15 is 0 Å². The minimum Gasteiger partial charge on any atom is -0.351 e. The van der Waals surface area contributed by atoms with Crippen LogP contribution in [0.5, 0.6) is 0 Å². The molecule has 0 bridgehead atoms. The fourth-order valence-electron chi connectivity index (χ4n) is 1.67. The average molecular weight is 387 g/mol. The van der Waals surface area contributed by atoms with E-state index in [-0.39, 0.29) is 11.8 Å². The van der Waals surface area contributed by atoms with E-state index in [4.69, 9.17) is 0 Å². The van der Waals surface area contributed by atoms with Crippen LogP contribution in [0.1, 0.15) is 27.4 Å². The highest BCUT2D eigenvalue weighted by molar-refractivity contribution is 9.11. The highest BCUT2D eigenvalue weighted by atomic mass is 79.9. The molecule has 2 N–H and O–H groups in total. The zero-order valence-electron chi connectivity index (χ0n) is 11.2. The van der Waals surface area contributed by atoms with Crippen molar-refractivity contribution >= 4 is 50.4 Å². The predicted octanol–water partition coefficient (Wildman–Crippen LogP) is 3.40. The van der Waals surface area contributed by atoms with Crippen LogP contribution in [-0.4, -0.2) is 18.4 Å². The minimum absolute atomic E-state index is 0.00453. The van der Waals surface area contributed by atoms with E-state index in [1.165, 1.54) is 11.3 Å². The third-order valence-electron chi connectivity index (χ3n) is 2.70. The van der Waals surface area contributed by atoms with Crippen molar-refractivity contribution in [1.29, 1.82) is 0 Å². The monoisotopic (exact) mass is 386 g/mol. The van der Waals surface area contributed by atoms with Gasteiger partial charge in [0.15, 0.2) is 0 Å². The van der Waals surface area contributed by atoms with Gasteiger partial charge >= 0.3 is 0 Å². The molecule has 0 aliphatic heterocycles. The summed E-state index contributed by atoms with van der Waals surface area (Å²) in [6, 6.07) is 7.57. The molecular formula is C14H15BrN2O2S2. The summed E-state index contributed by atoms with van der Waals surface area (Å²) in [6.07, 6.45) is 1.05. The van der Waals surface area contributed by atoms with E-state index in [1.54, 1.807) is 17.4 Å². The van der Waals surface area contributed by atoms with Crippen molar-refractivity contribution in [2.24, 2.45) is 0 Å². The first-order chi connectivity index (χ1) is 10.1. The molecule has 2 heterocycles. The van der Waals surface area contributed by atoms with Crippen LogP contribution >= 0.6 is 38.6 Å². The van der Waals surface area contributed by atoms with E-state index < -0.39 is 0 Å². The molecule has 2 rings (SSSR count). The SMILES string of the molecule is O=C(CCCNC(=O)c1cccs1)NCc1ccc(Br)s1. The second kappa shape index (κ2) is 8.31. The molecule has 0 radical (unpaired) electrons. The summed E-state index contributed by atoms with van der Waals surface area (Å²) >= 11 is 6.40. The number of carbonyl (C=O) groups excluding carboxylic acids is 2. The Bertz CT molecular complexity index is 596. The van der Waals surface area contributed by atoms with Crippen molar-refractivity contribution in [3.63, 3.8) is 0 Å². The molecular weight excluding hydrogens is 372 g/mol. The molecule has 2 amide bonds. The number of amides is 2. The van der Waals surface area contributed by atoms with Crippen molar-refractivity contribution in [3.05, 3.63) is 43.2 Å². The number of hydrogen-bond acceptors (Lipinski definition) is 4. The Hall–Kier alpha value is -1.18. The Balaban J connectivity index is 1.58. The lowest BCUT2D eigenvalue weighted by atomic mass is 10.3. The van der Waals surface area contributed by atoms with Gasteiger partial charge in [0.25, 0.3) is 5.91 Å². The molecule has 7 heteroatoms. The van der Waals surface area contributed by atoms with Crippen molar-refractivity contribution in [3.8, 4) is 0 Å². The highest BCUT2D eigenvalue weighted by Gasteiger charge is 2.06. The summed E-state index contributed by atoms with van der Waals surface area (Å²) in [4.78, 5) is 25.1. The highest BCUT2D eigenvalue weighted by Crippen LogP contribution is 2.21. The van der Waals surface area contributed by atoms with Crippen molar-refractivity contribution in [1.82, 2.24) is 10.6 Å². The van der Waals surface area contributed by atoms with Gasteiger partial charge in [0, 0.05) is 17.8 Å². The maximum Gasteiger partial charge on any atom is 0.261 e. The van der Waals surface area contributed by atoms with Gasteiger partial charge < -0.3 is 10.6 Å². The van der Waals surface area contributed by atoms with Crippen molar-refractivity contribution < 1.29 is 9.59 Å². The maximum absolute atomic E-state index is 11.7. The normalized spacial score (nSPS) is 10.3. The Morgan fingerprint density at radius 1 is 1.19 bits per heavy atom. The van der Waals surface area contributed by atoms with Gasteiger partial charge in [0.2, 0.25) is 5.91 Å². The molecule has 0 fully saturated rings. The van der Waals surface area contributed by atoms with Crippen LogP contribution in [0.25, 0.3) is 0 Å². The van der Waals surface area contributed by atoms with Gasteiger partial charge in [0.05, 0.1) is 15.2 Å². The summed E-state index contributed by atoms with van der Waals surface area (Å²) in [7, 11) is 0. The van der Waals surface area contributed by atoms with Gasteiger partial charge in [-0.3, -0.25) is 9.59 Å². The number of nitrogens with one attached hydrogen (secondary N) is 2. The molecule has 0 atom stereocenters. The second-order valence-corrected chi connectivity index (χ2v) is 7.81. The van der Waals surface area contributed by atoms with E-state index in [2.05, 4.69) is 26.6 Å². The third kappa shape index (κ3) is 5.61. The zero-order chi connectivity index (χ0) is 15.1. The third-order valence-corrected chi connectivity index (χ3v) is 5.19. The number of thiophene rings is 2. The molecule has 0 saturated heterocycles. The number of halogens is 1. The van der Waals surface area contributed by atoms with Gasteiger partial charge in [-0.1, -0.05) is 6.07 Å². The molecule has 0 aliphatic carbocycles. The van der Waals surface area contributed by atoms with Crippen LogP contribution in [0, 0.1) is 0 Å². The molecule has 4 nitrogen and oxygen atoms in total. The molecule has 0 unspecified atom stereocenters. The lowest BCUT2D eigenvalue weighted by Gasteiger charge is -2.05. The molecule has 0 aliphatic rings. The summed E-state index contributed by atoms with van der Waals surface area (Å²) < 4.78 is 1.06. The van der Waals surface area contributed by atoms with Crippen LogP contribution in [-0.2, 0) is 11.3 Å². The first kappa shape index (κ1) is 16.2. The quantitative estimate of drug-likeness (QED) is 0.716. The van der Waals surface area contributed by atoms with Crippen LogP contribution in [0.2, 0.25) is 0 Å². The summed E-state index contributed by atoms with van der Waals surface area (Å²) in [5, 5.41) is 7.54. The Morgan fingerprint density at radius 3 is 2.71 bits per heavy atom. The number of carbonyl (C=O) groups is 2. The lowest BCUT2D eigenvalue weighted by Crippen LogP contribution is -2.26. The molecule has 0 aromatic carbocycles. The van der Waals surface area contributed by atoms with E-state index in [1.807, 2.05) is 23.6 Å². The number of hydrogen-bond donors (Lipinski definition) is 2. The van der Waals surface area contributed by atoms with Crippen LogP contribution < -0.4 is 10.6 Å². The van der Waals surface area contributed by atoms with Crippen LogP contribution in [0.15, 0.2) is 33.4 Å². The standard InChI is InChI=1S/C14H15BrN2O2S2/c15-12-6-5-10(21-12)9-17-13(18)4-1-7-16-14(19)11-3-2-8-20-11/h2-3,5-6,8H,1,4,7,9H2,(H,16,19)(H,17,18). The molecule has 0 spiro atoms. The van der Waals surface area contributed by atoms with E-state index in [9.17, 15) is 9.59 Å². The molecule has 2 aromatic heterocycles. The van der Waals surface area contributed by atoms with E-state index in [0.717, 1.165) is 8.66 Å². The minimum atomic E-state index is -0.0751. The number of rotatable bonds is 7. The first-order valence-corrected chi connectivity index (χ1v) is 8.96. The molecule has 0 saturated carbocycles. The predicted molar refractivity (Wildman–Crippen MR) is 89.8 cm³/mol. The Kier molecular flexibility index (Phi) is 6.41. The first-order valence-electron chi connectivity index (χ1n) is 6.48. The lowest BCUT2D eigenvalue weighted by molar-refractivity contribution is -0.121. The molecule has 2 aromatic rings. The topological polar surface area (TPSA) is 58.2 Å². The maximum atomic E-state index is 11.7. The largest absolute Gasteiger partial charge is 0.351 e. The summed E-state index contributed by atoms with van der Waals surface area (Å²) in [5.74, 6) is -0.0706. The van der Waals surface area contributed by atoms with Gasteiger partial charge in [-0.05, 0) is 45.9 Å².